The van der Waals surface area contributed by atoms with Gasteiger partial charge in [0.2, 0.25) is 0 Å². The SMILES string of the molecule is O=c1oc2ccccc2c2sc(-c3ccco3)nc12. The molecular weight excluding hydrogens is 262 g/mol. The van der Waals surface area contributed by atoms with Gasteiger partial charge in [-0.1, -0.05) is 12.1 Å². The minimum absolute atomic E-state index is 0.357. The molecule has 0 saturated heterocycles. The Morgan fingerprint density at radius 2 is 2.00 bits per heavy atom. The van der Waals surface area contributed by atoms with Crippen LogP contribution in [0.15, 0.2) is 56.3 Å². The Hall–Kier alpha value is -2.40. The molecule has 0 spiro atoms. The molecule has 1 aromatic carbocycles. The van der Waals surface area contributed by atoms with Gasteiger partial charge in [-0.2, -0.15) is 0 Å². The first-order valence-electron chi connectivity index (χ1n) is 5.69. The third kappa shape index (κ3) is 1.52. The third-order valence-corrected chi connectivity index (χ3v) is 3.99. The van der Waals surface area contributed by atoms with Crippen molar-refractivity contribution in [2.24, 2.45) is 0 Å². The zero-order valence-corrected chi connectivity index (χ0v) is 10.4. The van der Waals surface area contributed by atoms with Crippen LogP contribution in [0.5, 0.6) is 0 Å². The van der Waals surface area contributed by atoms with Crippen molar-refractivity contribution in [3.8, 4) is 10.8 Å². The summed E-state index contributed by atoms with van der Waals surface area (Å²) < 4.78 is 11.4. The van der Waals surface area contributed by atoms with Gasteiger partial charge in [0.05, 0.1) is 11.0 Å². The maximum Gasteiger partial charge on any atom is 0.363 e. The lowest BCUT2D eigenvalue weighted by Crippen LogP contribution is -1.98. The molecule has 92 valence electrons. The number of hydrogen-bond acceptors (Lipinski definition) is 5. The molecule has 0 bridgehead atoms. The summed E-state index contributed by atoms with van der Waals surface area (Å²) >= 11 is 1.43. The molecule has 0 radical (unpaired) electrons. The van der Waals surface area contributed by atoms with Crippen LogP contribution in [0.25, 0.3) is 32.0 Å². The zero-order valence-electron chi connectivity index (χ0n) is 9.62. The number of nitrogens with zero attached hydrogens (tertiary/aromatic N) is 1. The van der Waals surface area contributed by atoms with Gasteiger partial charge in [0, 0.05) is 5.39 Å². The van der Waals surface area contributed by atoms with E-state index >= 15 is 0 Å². The molecule has 0 atom stereocenters. The fourth-order valence-electron chi connectivity index (χ4n) is 2.04. The van der Waals surface area contributed by atoms with Gasteiger partial charge >= 0.3 is 5.63 Å². The van der Waals surface area contributed by atoms with Gasteiger partial charge in [-0.15, -0.1) is 11.3 Å². The lowest BCUT2D eigenvalue weighted by atomic mass is 10.2. The van der Waals surface area contributed by atoms with Crippen molar-refractivity contribution < 1.29 is 8.83 Å². The third-order valence-electron chi connectivity index (χ3n) is 2.89. The predicted molar refractivity (Wildman–Crippen MR) is 73.4 cm³/mol. The van der Waals surface area contributed by atoms with Crippen molar-refractivity contribution in [3.63, 3.8) is 0 Å². The smallest absolute Gasteiger partial charge is 0.363 e. The molecule has 0 unspecified atom stereocenters. The summed E-state index contributed by atoms with van der Waals surface area (Å²) in [6.07, 6.45) is 1.59. The van der Waals surface area contributed by atoms with Gasteiger partial charge in [-0.3, -0.25) is 0 Å². The maximum atomic E-state index is 11.9. The fourth-order valence-corrected chi connectivity index (χ4v) is 3.09. The molecule has 4 nitrogen and oxygen atoms in total. The number of aromatic nitrogens is 1. The Kier molecular flexibility index (Phi) is 2.10. The standard InChI is InChI=1S/C14H7NO3S/c16-14-11-12(8-4-1-2-5-9(8)18-14)19-13(15-11)10-6-3-7-17-10/h1-7H. The van der Waals surface area contributed by atoms with Crippen LogP contribution in [-0.2, 0) is 0 Å². The Labute approximate surface area is 110 Å². The van der Waals surface area contributed by atoms with Crippen molar-refractivity contribution >= 4 is 32.5 Å². The second kappa shape index (κ2) is 3.80. The first-order chi connectivity index (χ1) is 9.33. The van der Waals surface area contributed by atoms with E-state index in [-0.39, 0.29) is 0 Å². The van der Waals surface area contributed by atoms with E-state index in [1.807, 2.05) is 24.3 Å². The van der Waals surface area contributed by atoms with Gasteiger partial charge < -0.3 is 8.83 Å². The highest BCUT2D eigenvalue weighted by atomic mass is 32.1. The summed E-state index contributed by atoms with van der Waals surface area (Å²) in [7, 11) is 0. The van der Waals surface area contributed by atoms with E-state index in [2.05, 4.69) is 4.98 Å². The van der Waals surface area contributed by atoms with Crippen LogP contribution in [0.1, 0.15) is 0 Å². The molecule has 0 aliphatic heterocycles. The summed E-state index contributed by atoms with van der Waals surface area (Å²) in [4.78, 5) is 16.2. The molecule has 3 aromatic heterocycles. The topological polar surface area (TPSA) is 56.2 Å². The summed E-state index contributed by atoms with van der Waals surface area (Å²) in [5.74, 6) is 0.657. The second-order valence-corrected chi connectivity index (χ2v) is 5.06. The zero-order chi connectivity index (χ0) is 12.8. The fraction of sp³-hybridized carbons (Fsp3) is 0. The minimum atomic E-state index is -0.414. The summed E-state index contributed by atoms with van der Waals surface area (Å²) in [5.41, 5.74) is 0.521. The molecule has 0 fully saturated rings. The number of thiazole rings is 1. The summed E-state index contributed by atoms with van der Waals surface area (Å²) in [6, 6.07) is 11.1. The molecule has 0 amide bonds. The van der Waals surface area contributed by atoms with Crippen molar-refractivity contribution in [3.05, 3.63) is 53.1 Å². The molecule has 0 aliphatic carbocycles. The average molecular weight is 269 g/mol. The quantitative estimate of drug-likeness (QED) is 0.495. The molecule has 3 heterocycles. The summed E-state index contributed by atoms with van der Waals surface area (Å²) in [6.45, 7) is 0. The highest BCUT2D eigenvalue weighted by molar-refractivity contribution is 7.22. The van der Waals surface area contributed by atoms with E-state index in [1.54, 1.807) is 18.4 Å². The Morgan fingerprint density at radius 3 is 2.84 bits per heavy atom. The van der Waals surface area contributed by atoms with Crippen LogP contribution >= 0.6 is 11.3 Å². The summed E-state index contributed by atoms with van der Waals surface area (Å²) in [5, 5.41) is 1.58. The number of benzene rings is 1. The number of para-hydroxylation sites is 1. The monoisotopic (exact) mass is 269 g/mol. The predicted octanol–water partition coefficient (Wildman–Crippen LogP) is 3.66. The number of rotatable bonds is 1. The van der Waals surface area contributed by atoms with Crippen molar-refractivity contribution in [2.45, 2.75) is 0 Å². The van der Waals surface area contributed by atoms with Gasteiger partial charge in [0.15, 0.2) is 16.3 Å². The van der Waals surface area contributed by atoms with Gasteiger partial charge in [0.25, 0.3) is 0 Å². The first-order valence-corrected chi connectivity index (χ1v) is 6.51. The maximum absolute atomic E-state index is 11.9. The highest BCUT2D eigenvalue weighted by Crippen LogP contribution is 2.33. The molecule has 4 rings (SSSR count). The van der Waals surface area contributed by atoms with Crippen LogP contribution in [0.4, 0.5) is 0 Å². The molecule has 0 aliphatic rings. The van der Waals surface area contributed by atoms with Crippen molar-refractivity contribution in [1.29, 1.82) is 0 Å². The number of furan rings is 1. The molecule has 19 heavy (non-hydrogen) atoms. The lowest BCUT2D eigenvalue weighted by molar-refractivity contribution is 0.568. The van der Waals surface area contributed by atoms with Crippen LogP contribution in [0, 0.1) is 0 Å². The molecule has 0 N–H and O–H groups in total. The van der Waals surface area contributed by atoms with Gasteiger partial charge in [-0.05, 0) is 24.3 Å². The molecule has 4 aromatic rings. The van der Waals surface area contributed by atoms with E-state index in [9.17, 15) is 4.79 Å². The number of fused-ring (bicyclic) bond motifs is 3. The van der Waals surface area contributed by atoms with Crippen molar-refractivity contribution in [1.82, 2.24) is 4.98 Å². The molecule has 0 saturated carbocycles. The van der Waals surface area contributed by atoms with Gasteiger partial charge in [0.1, 0.15) is 5.58 Å². The molecular formula is C14H7NO3S. The Morgan fingerprint density at radius 1 is 1.11 bits per heavy atom. The van der Waals surface area contributed by atoms with Crippen molar-refractivity contribution in [2.75, 3.05) is 0 Å². The van der Waals surface area contributed by atoms with E-state index in [0.29, 0.717) is 21.9 Å². The van der Waals surface area contributed by atoms with E-state index in [4.69, 9.17) is 8.83 Å². The largest absolute Gasteiger partial charge is 0.462 e. The minimum Gasteiger partial charge on any atom is -0.462 e. The average Bonchev–Trinajstić information content (AvgIpc) is 3.08. The Bertz CT molecular complexity index is 934. The Balaban J connectivity index is 2.16. The van der Waals surface area contributed by atoms with Crippen LogP contribution in [0.2, 0.25) is 0 Å². The van der Waals surface area contributed by atoms with E-state index < -0.39 is 5.63 Å². The van der Waals surface area contributed by atoms with E-state index in [0.717, 1.165) is 10.1 Å². The van der Waals surface area contributed by atoms with Crippen LogP contribution in [-0.4, -0.2) is 4.98 Å². The first kappa shape index (κ1) is 10.5. The molecule has 5 heteroatoms. The second-order valence-electron chi connectivity index (χ2n) is 4.06. The van der Waals surface area contributed by atoms with Gasteiger partial charge in [-0.25, -0.2) is 9.78 Å². The highest BCUT2D eigenvalue weighted by Gasteiger charge is 2.15. The lowest BCUT2D eigenvalue weighted by Gasteiger charge is -1.95. The van der Waals surface area contributed by atoms with Crippen LogP contribution < -0.4 is 5.63 Å². The van der Waals surface area contributed by atoms with E-state index in [1.165, 1.54) is 11.3 Å². The number of hydrogen-bond donors (Lipinski definition) is 0. The van der Waals surface area contributed by atoms with Crippen LogP contribution in [0.3, 0.4) is 0 Å². The normalized spacial score (nSPS) is 11.4.